The first-order valence-electron chi connectivity index (χ1n) is 6.82. The zero-order valence-electron chi connectivity index (χ0n) is 11.3. The summed E-state index contributed by atoms with van der Waals surface area (Å²) in [5.74, 6) is 1.45. The Balaban J connectivity index is 2.74. The Hall–Kier alpha value is -0.780. The zero-order valence-corrected chi connectivity index (χ0v) is 11.3. The highest BCUT2D eigenvalue weighted by molar-refractivity contribution is 5.27. The van der Waals surface area contributed by atoms with E-state index in [4.69, 9.17) is 0 Å². The van der Waals surface area contributed by atoms with Crippen LogP contribution in [0.15, 0.2) is 24.3 Å². The van der Waals surface area contributed by atoms with E-state index in [-0.39, 0.29) is 0 Å². The van der Waals surface area contributed by atoms with Crippen LogP contribution >= 0.6 is 0 Å². The summed E-state index contributed by atoms with van der Waals surface area (Å²) in [6.07, 6.45) is 5.07. The van der Waals surface area contributed by atoms with Crippen LogP contribution in [-0.2, 0) is 0 Å². The van der Waals surface area contributed by atoms with E-state index in [0.717, 1.165) is 5.92 Å². The molecule has 0 nitrogen and oxygen atoms in total. The van der Waals surface area contributed by atoms with Gasteiger partial charge in [-0.1, -0.05) is 58.4 Å². The predicted octanol–water partition coefficient (Wildman–Crippen LogP) is 5.49. The molecule has 16 heavy (non-hydrogen) atoms. The van der Waals surface area contributed by atoms with E-state index in [2.05, 4.69) is 52.0 Å². The minimum atomic E-state index is 0.709. The van der Waals surface area contributed by atoms with Gasteiger partial charge in [0.05, 0.1) is 0 Å². The molecule has 0 amide bonds. The molecule has 0 unspecified atom stereocenters. The van der Waals surface area contributed by atoms with Crippen molar-refractivity contribution in [2.45, 2.75) is 65.2 Å². The lowest BCUT2D eigenvalue weighted by molar-refractivity contribution is 0.638. The standard InChI is InChI=1S/C16H26/c1-5-8-13(4)15-9-11-16(12-10-15)14(6-2)7-3/h9-14H,5-8H2,1-4H3/t13-/m1/s1. The third kappa shape index (κ3) is 3.37. The average Bonchev–Trinajstić information content (AvgIpc) is 2.32. The van der Waals surface area contributed by atoms with Crippen molar-refractivity contribution in [3.05, 3.63) is 35.4 Å². The maximum absolute atomic E-state index is 2.33. The van der Waals surface area contributed by atoms with Crippen LogP contribution in [0.1, 0.15) is 76.3 Å². The van der Waals surface area contributed by atoms with Gasteiger partial charge in [-0.2, -0.15) is 0 Å². The van der Waals surface area contributed by atoms with Crippen LogP contribution in [-0.4, -0.2) is 0 Å². The second kappa shape index (κ2) is 6.73. The molecule has 0 aliphatic carbocycles. The van der Waals surface area contributed by atoms with Crippen LogP contribution in [0.2, 0.25) is 0 Å². The first-order valence-corrected chi connectivity index (χ1v) is 6.82. The van der Waals surface area contributed by atoms with Crippen LogP contribution in [0, 0.1) is 0 Å². The minimum absolute atomic E-state index is 0.709. The molecular weight excluding hydrogens is 192 g/mol. The Labute approximate surface area is 101 Å². The predicted molar refractivity (Wildman–Crippen MR) is 73.1 cm³/mol. The van der Waals surface area contributed by atoms with Crippen molar-refractivity contribution in [1.29, 1.82) is 0 Å². The lowest BCUT2D eigenvalue weighted by atomic mass is 9.90. The molecule has 0 aliphatic rings. The monoisotopic (exact) mass is 218 g/mol. The molecule has 0 radical (unpaired) electrons. The van der Waals surface area contributed by atoms with E-state index in [1.165, 1.54) is 36.8 Å². The van der Waals surface area contributed by atoms with Gasteiger partial charge in [-0.15, -0.1) is 0 Å². The molecule has 0 saturated heterocycles. The van der Waals surface area contributed by atoms with Crippen LogP contribution < -0.4 is 0 Å². The largest absolute Gasteiger partial charge is 0.0654 e. The molecule has 0 saturated carbocycles. The summed E-state index contributed by atoms with van der Waals surface area (Å²) in [6.45, 7) is 9.15. The van der Waals surface area contributed by atoms with E-state index in [9.17, 15) is 0 Å². The Morgan fingerprint density at radius 2 is 1.38 bits per heavy atom. The summed E-state index contributed by atoms with van der Waals surface area (Å²) < 4.78 is 0. The van der Waals surface area contributed by atoms with E-state index in [1.54, 1.807) is 0 Å². The zero-order chi connectivity index (χ0) is 12.0. The first kappa shape index (κ1) is 13.3. The fourth-order valence-corrected chi connectivity index (χ4v) is 2.46. The van der Waals surface area contributed by atoms with Crippen molar-refractivity contribution in [2.75, 3.05) is 0 Å². The second-order valence-electron chi connectivity index (χ2n) is 4.87. The SMILES string of the molecule is CCC[C@@H](C)c1ccc(C(CC)CC)cc1. The Morgan fingerprint density at radius 3 is 1.81 bits per heavy atom. The van der Waals surface area contributed by atoms with Gasteiger partial charge in [-0.05, 0) is 42.2 Å². The fraction of sp³-hybridized carbons (Fsp3) is 0.625. The molecule has 0 spiro atoms. The fourth-order valence-electron chi connectivity index (χ4n) is 2.46. The van der Waals surface area contributed by atoms with Crippen molar-refractivity contribution in [2.24, 2.45) is 0 Å². The summed E-state index contributed by atoms with van der Waals surface area (Å²) in [5, 5.41) is 0. The molecule has 0 aromatic heterocycles. The van der Waals surface area contributed by atoms with E-state index < -0.39 is 0 Å². The van der Waals surface area contributed by atoms with Gasteiger partial charge in [-0.3, -0.25) is 0 Å². The average molecular weight is 218 g/mol. The number of rotatable bonds is 6. The van der Waals surface area contributed by atoms with Gasteiger partial charge in [0.25, 0.3) is 0 Å². The molecule has 0 heteroatoms. The van der Waals surface area contributed by atoms with Crippen LogP contribution in [0.3, 0.4) is 0 Å². The summed E-state index contributed by atoms with van der Waals surface area (Å²) >= 11 is 0. The highest BCUT2D eigenvalue weighted by Gasteiger charge is 2.08. The van der Waals surface area contributed by atoms with Crippen molar-refractivity contribution in [1.82, 2.24) is 0 Å². The van der Waals surface area contributed by atoms with Crippen molar-refractivity contribution in [3.63, 3.8) is 0 Å². The van der Waals surface area contributed by atoms with Gasteiger partial charge in [0.1, 0.15) is 0 Å². The number of hydrogen-bond acceptors (Lipinski definition) is 0. The number of benzene rings is 1. The van der Waals surface area contributed by atoms with Gasteiger partial charge in [0, 0.05) is 0 Å². The molecule has 0 N–H and O–H groups in total. The first-order chi connectivity index (χ1) is 7.72. The van der Waals surface area contributed by atoms with Crippen molar-refractivity contribution < 1.29 is 0 Å². The summed E-state index contributed by atoms with van der Waals surface area (Å²) in [7, 11) is 0. The Morgan fingerprint density at radius 1 is 0.875 bits per heavy atom. The van der Waals surface area contributed by atoms with Gasteiger partial charge in [0.15, 0.2) is 0 Å². The lowest BCUT2D eigenvalue weighted by Crippen LogP contribution is -1.97. The molecule has 1 aromatic carbocycles. The van der Waals surface area contributed by atoms with E-state index >= 15 is 0 Å². The molecule has 1 rings (SSSR count). The molecule has 0 bridgehead atoms. The normalized spacial score (nSPS) is 13.1. The van der Waals surface area contributed by atoms with E-state index in [1.807, 2.05) is 0 Å². The highest BCUT2D eigenvalue weighted by atomic mass is 14.1. The number of hydrogen-bond donors (Lipinski definition) is 0. The molecule has 1 atom stereocenters. The molecular formula is C16H26. The van der Waals surface area contributed by atoms with Crippen LogP contribution in [0.5, 0.6) is 0 Å². The van der Waals surface area contributed by atoms with Crippen molar-refractivity contribution >= 4 is 0 Å². The minimum Gasteiger partial charge on any atom is -0.0654 e. The Bertz CT molecular complexity index is 279. The maximum Gasteiger partial charge on any atom is -0.0167 e. The van der Waals surface area contributed by atoms with Crippen molar-refractivity contribution in [3.8, 4) is 0 Å². The van der Waals surface area contributed by atoms with Gasteiger partial charge < -0.3 is 0 Å². The molecule has 90 valence electrons. The highest BCUT2D eigenvalue weighted by Crippen LogP contribution is 2.26. The summed E-state index contributed by atoms with van der Waals surface area (Å²) in [6, 6.07) is 9.32. The van der Waals surface area contributed by atoms with Gasteiger partial charge in [-0.25, -0.2) is 0 Å². The smallest absolute Gasteiger partial charge is 0.0167 e. The second-order valence-corrected chi connectivity index (χ2v) is 4.87. The third-order valence-corrected chi connectivity index (χ3v) is 3.68. The molecule has 1 aromatic rings. The summed E-state index contributed by atoms with van der Waals surface area (Å²) in [5.41, 5.74) is 3.01. The van der Waals surface area contributed by atoms with E-state index in [0.29, 0.717) is 5.92 Å². The molecule has 0 heterocycles. The van der Waals surface area contributed by atoms with Crippen LogP contribution in [0.4, 0.5) is 0 Å². The third-order valence-electron chi connectivity index (χ3n) is 3.68. The maximum atomic E-state index is 2.33. The van der Waals surface area contributed by atoms with Gasteiger partial charge >= 0.3 is 0 Å². The summed E-state index contributed by atoms with van der Waals surface area (Å²) in [4.78, 5) is 0. The lowest BCUT2D eigenvalue weighted by Gasteiger charge is -2.15. The molecule has 0 fully saturated rings. The quantitative estimate of drug-likeness (QED) is 0.592. The van der Waals surface area contributed by atoms with Gasteiger partial charge in [0.2, 0.25) is 0 Å². The molecule has 0 aliphatic heterocycles. The van der Waals surface area contributed by atoms with Crippen LogP contribution in [0.25, 0.3) is 0 Å². The Kier molecular flexibility index (Phi) is 5.59. The topological polar surface area (TPSA) is 0 Å².